The van der Waals surface area contributed by atoms with Gasteiger partial charge >= 0.3 is 0 Å². The summed E-state index contributed by atoms with van der Waals surface area (Å²) in [6.07, 6.45) is 2.39. The zero-order chi connectivity index (χ0) is 18.1. The molecule has 0 aliphatic carbocycles. The summed E-state index contributed by atoms with van der Waals surface area (Å²) < 4.78 is 0. The van der Waals surface area contributed by atoms with Crippen LogP contribution in [-0.4, -0.2) is 64.7 Å². The molecule has 1 aromatic heterocycles. The van der Waals surface area contributed by atoms with Crippen molar-refractivity contribution in [2.45, 2.75) is 39.3 Å². The third kappa shape index (κ3) is 3.35. The minimum atomic E-state index is -0.0463. The summed E-state index contributed by atoms with van der Waals surface area (Å²) in [5.74, 6) is 0.572. The molecule has 3 saturated heterocycles. The SMILES string of the molecule is CCN(CC)Cc1ccc2[nH]nc(C(=O)N[C@@H]3CN4CCC3CC4)c2c1. The van der Waals surface area contributed by atoms with Crippen molar-refractivity contribution in [3.63, 3.8) is 0 Å². The minimum absolute atomic E-state index is 0.0463. The summed E-state index contributed by atoms with van der Waals surface area (Å²) >= 11 is 0. The Balaban J connectivity index is 1.53. The Morgan fingerprint density at radius 1 is 1.31 bits per heavy atom. The molecule has 3 aliphatic rings. The summed E-state index contributed by atoms with van der Waals surface area (Å²) in [6, 6.07) is 6.53. The fourth-order valence-electron chi connectivity index (χ4n) is 4.40. The minimum Gasteiger partial charge on any atom is -0.346 e. The maximum atomic E-state index is 12.9. The van der Waals surface area contributed by atoms with E-state index in [1.807, 2.05) is 6.07 Å². The Kier molecular flexibility index (Phi) is 4.96. The van der Waals surface area contributed by atoms with E-state index in [4.69, 9.17) is 0 Å². The standard InChI is InChI=1S/C20H29N5O/c1-3-24(4-2)12-14-5-6-17-16(11-14)19(23-22-17)20(26)21-18-13-25-9-7-15(18)8-10-25/h5-6,11,15,18H,3-4,7-10,12-13H2,1-2H3,(H,21,26)(H,22,23)/t18-/m1/s1. The van der Waals surface area contributed by atoms with E-state index < -0.39 is 0 Å². The molecule has 3 aliphatic heterocycles. The van der Waals surface area contributed by atoms with Gasteiger partial charge in [0.15, 0.2) is 5.69 Å². The van der Waals surface area contributed by atoms with Gasteiger partial charge in [0.25, 0.3) is 5.91 Å². The fourth-order valence-corrected chi connectivity index (χ4v) is 4.40. The van der Waals surface area contributed by atoms with Crippen LogP contribution in [0.3, 0.4) is 0 Å². The van der Waals surface area contributed by atoms with Crippen LogP contribution in [0.5, 0.6) is 0 Å². The number of nitrogens with zero attached hydrogens (tertiary/aromatic N) is 3. The molecule has 140 valence electrons. The van der Waals surface area contributed by atoms with Crippen LogP contribution < -0.4 is 5.32 Å². The number of fused-ring (bicyclic) bond motifs is 4. The van der Waals surface area contributed by atoms with Crippen LogP contribution in [0.4, 0.5) is 0 Å². The van der Waals surface area contributed by atoms with E-state index in [-0.39, 0.29) is 11.9 Å². The molecule has 2 N–H and O–H groups in total. The van der Waals surface area contributed by atoms with Crippen molar-refractivity contribution >= 4 is 16.8 Å². The summed E-state index contributed by atoms with van der Waals surface area (Å²) in [5.41, 5.74) is 2.67. The number of H-pyrrole nitrogens is 1. The third-order valence-corrected chi connectivity index (χ3v) is 6.12. The van der Waals surface area contributed by atoms with Gasteiger partial charge in [-0.2, -0.15) is 5.10 Å². The van der Waals surface area contributed by atoms with Crippen LogP contribution >= 0.6 is 0 Å². The first-order valence-electron chi connectivity index (χ1n) is 9.90. The molecule has 26 heavy (non-hydrogen) atoms. The molecular weight excluding hydrogens is 326 g/mol. The van der Waals surface area contributed by atoms with Gasteiger partial charge in [-0.3, -0.25) is 14.8 Å². The van der Waals surface area contributed by atoms with Crippen LogP contribution in [0, 0.1) is 5.92 Å². The van der Waals surface area contributed by atoms with E-state index in [0.717, 1.165) is 37.1 Å². The number of amides is 1. The zero-order valence-corrected chi connectivity index (χ0v) is 15.8. The van der Waals surface area contributed by atoms with Crippen LogP contribution in [0.25, 0.3) is 10.9 Å². The van der Waals surface area contributed by atoms with Crippen LogP contribution in [0.15, 0.2) is 18.2 Å². The molecule has 0 unspecified atom stereocenters. The lowest BCUT2D eigenvalue weighted by Gasteiger charge is -2.44. The second kappa shape index (κ2) is 7.37. The predicted octanol–water partition coefficient (Wildman–Crippen LogP) is 2.23. The summed E-state index contributed by atoms with van der Waals surface area (Å²) in [4.78, 5) is 17.7. The number of nitrogens with one attached hydrogen (secondary N) is 2. The third-order valence-electron chi connectivity index (χ3n) is 6.12. The molecule has 2 bridgehead atoms. The maximum Gasteiger partial charge on any atom is 0.272 e. The lowest BCUT2D eigenvalue weighted by atomic mass is 9.84. The zero-order valence-electron chi connectivity index (χ0n) is 15.8. The number of hydrogen-bond donors (Lipinski definition) is 2. The van der Waals surface area contributed by atoms with E-state index in [1.54, 1.807) is 0 Å². The van der Waals surface area contributed by atoms with Crippen LogP contribution in [-0.2, 0) is 6.54 Å². The summed E-state index contributed by atoms with van der Waals surface area (Å²) in [6.45, 7) is 10.6. The van der Waals surface area contributed by atoms with Gasteiger partial charge in [0.2, 0.25) is 0 Å². The van der Waals surface area contributed by atoms with Gasteiger partial charge < -0.3 is 10.2 Å². The largest absolute Gasteiger partial charge is 0.346 e. The quantitative estimate of drug-likeness (QED) is 0.834. The monoisotopic (exact) mass is 355 g/mol. The highest BCUT2D eigenvalue weighted by molar-refractivity contribution is 6.04. The first-order chi connectivity index (χ1) is 12.7. The average Bonchev–Trinajstić information content (AvgIpc) is 3.10. The second-order valence-electron chi connectivity index (χ2n) is 7.63. The number of piperidine rings is 3. The molecule has 6 heteroatoms. The van der Waals surface area contributed by atoms with Crippen molar-refractivity contribution in [3.05, 3.63) is 29.5 Å². The first kappa shape index (κ1) is 17.5. The number of carbonyl (C=O) groups is 1. The highest BCUT2D eigenvalue weighted by atomic mass is 16.2. The highest BCUT2D eigenvalue weighted by Gasteiger charge is 2.35. The molecule has 1 aromatic carbocycles. The van der Waals surface area contributed by atoms with Crippen molar-refractivity contribution in [3.8, 4) is 0 Å². The van der Waals surface area contributed by atoms with E-state index in [9.17, 15) is 4.79 Å². The lowest BCUT2D eigenvalue weighted by molar-refractivity contribution is 0.0618. The van der Waals surface area contributed by atoms with Gasteiger partial charge in [-0.1, -0.05) is 19.9 Å². The Hall–Kier alpha value is -1.92. The van der Waals surface area contributed by atoms with Crippen molar-refractivity contribution in [2.24, 2.45) is 5.92 Å². The number of aromatic amines is 1. The molecule has 0 radical (unpaired) electrons. The highest BCUT2D eigenvalue weighted by Crippen LogP contribution is 2.28. The topological polar surface area (TPSA) is 64.3 Å². The smallest absolute Gasteiger partial charge is 0.272 e. The van der Waals surface area contributed by atoms with E-state index in [1.165, 1.54) is 31.5 Å². The maximum absolute atomic E-state index is 12.9. The molecule has 6 nitrogen and oxygen atoms in total. The Labute approximate surface area is 154 Å². The molecule has 2 aromatic rings. The molecule has 1 amide bonds. The van der Waals surface area contributed by atoms with E-state index in [2.05, 4.69) is 51.3 Å². The average molecular weight is 355 g/mol. The molecule has 4 heterocycles. The van der Waals surface area contributed by atoms with Crippen molar-refractivity contribution in [1.29, 1.82) is 0 Å². The van der Waals surface area contributed by atoms with Crippen LogP contribution in [0.2, 0.25) is 0 Å². The number of carbonyl (C=O) groups excluding carboxylic acids is 1. The predicted molar refractivity (Wildman–Crippen MR) is 103 cm³/mol. The molecule has 0 spiro atoms. The Morgan fingerprint density at radius 2 is 2.08 bits per heavy atom. The van der Waals surface area contributed by atoms with Gasteiger partial charge in [-0.15, -0.1) is 0 Å². The van der Waals surface area contributed by atoms with E-state index in [0.29, 0.717) is 11.6 Å². The molecule has 1 atom stereocenters. The van der Waals surface area contributed by atoms with Crippen LogP contribution in [0.1, 0.15) is 42.7 Å². The Bertz CT molecular complexity index is 774. The van der Waals surface area contributed by atoms with E-state index >= 15 is 0 Å². The van der Waals surface area contributed by atoms with Gasteiger partial charge in [0, 0.05) is 24.5 Å². The van der Waals surface area contributed by atoms with Gasteiger partial charge in [-0.25, -0.2) is 0 Å². The Morgan fingerprint density at radius 3 is 2.73 bits per heavy atom. The molecular formula is C20H29N5O. The number of aromatic nitrogens is 2. The van der Waals surface area contributed by atoms with Gasteiger partial charge in [0.05, 0.1) is 5.52 Å². The molecule has 5 rings (SSSR count). The van der Waals surface area contributed by atoms with Crippen molar-refractivity contribution in [2.75, 3.05) is 32.7 Å². The number of rotatable bonds is 6. The lowest BCUT2D eigenvalue weighted by Crippen LogP contribution is -2.57. The normalized spacial score (nSPS) is 25.1. The molecule has 0 saturated carbocycles. The first-order valence-corrected chi connectivity index (χ1v) is 9.90. The van der Waals surface area contributed by atoms with Gasteiger partial charge in [-0.05, 0) is 62.6 Å². The summed E-state index contributed by atoms with van der Waals surface area (Å²) in [5, 5.41) is 11.5. The summed E-state index contributed by atoms with van der Waals surface area (Å²) in [7, 11) is 0. The second-order valence-corrected chi connectivity index (χ2v) is 7.63. The van der Waals surface area contributed by atoms with Gasteiger partial charge in [0.1, 0.15) is 0 Å². The molecule has 3 fully saturated rings. The van der Waals surface area contributed by atoms with Crippen molar-refractivity contribution in [1.82, 2.24) is 25.3 Å². The fraction of sp³-hybridized carbons (Fsp3) is 0.600. The number of hydrogen-bond acceptors (Lipinski definition) is 4. The number of benzene rings is 1. The van der Waals surface area contributed by atoms with Crippen molar-refractivity contribution < 1.29 is 4.79 Å².